The monoisotopic (exact) mass is 584 g/mol. The lowest BCUT2D eigenvalue weighted by Crippen LogP contribution is -2.45. The number of sulfonamides is 1. The number of rotatable bonds is 8. The molecular formula is C27H32N6O5S2. The van der Waals surface area contributed by atoms with Crippen LogP contribution in [0.25, 0.3) is 0 Å². The van der Waals surface area contributed by atoms with Gasteiger partial charge in [0.05, 0.1) is 12.3 Å². The minimum absolute atomic E-state index is 0.0943. The van der Waals surface area contributed by atoms with Gasteiger partial charge >= 0.3 is 0 Å². The van der Waals surface area contributed by atoms with E-state index in [2.05, 4.69) is 20.8 Å². The van der Waals surface area contributed by atoms with Gasteiger partial charge in [-0.25, -0.2) is 18.4 Å². The van der Waals surface area contributed by atoms with E-state index in [0.717, 1.165) is 39.7 Å². The van der Waals surface area contributed by atoms with E-state index in [1.165, 1.54) is 30.5 Å². The van der Waals surface area contributed by atoms with Gasteiger partial charge in [0.2, 0.25) is 15.9 Å². The van der Waals surface area contributed by atoms with Crippen molar-refractivity contribution in [1.82, 2.24) is 25.7 Å². The zero-order chi connectivity index (χ0) is 29.0. The Morgan fingerprint density at radius 1 is 1.15 bits per heavy atom. The number of hydrazine groups is 1. The fourth-order valence-corrected chi connectivity index (χ4v) is 5.79. The van der Waals surface area contributed by atoms with Crippen molar-refractivity contribution in [2.45, 2.75) is 39.2 Å². The summed E-state index contributed by atoms with van der Waals surface area (Å²) in [5.74, 6) is -2.08. The number of aryl methyl sites for hydroxylation is 1. The molecule has 0 saturated carbocycles. The summed E-state index contributed by atoms with van der Waals surface area (Å²) < 4.78 is 25.4. The minimum Gasteiger partial charge on any atom is -0.329 e. The summed E-state index contributed by atoms with van der Waals surface area (Å²) >= 11 is 1.49. The highest BCUT2D eigenvalue weighted by atomic mass is 32.2. The predicted molar refractivity (Wildman–Crippen MR) is 152 cm³/mol. The van der Waals surface area contributed by atoms with E-state index in [0.29, 0.717) is 13.0 Å². The van der Waals surface area contributed by atoms with Crippen LogP contribution in [-0.2, 0) is 21.2 Å². The van der Waals surface area contributed by atoms with Crippen LogP contribution in [0.4, 0.5) is 5.82 Å². The van der Waals surface area contributed by atoms with Crippen molar-refractivity contribution in [3.8, 4) is 0 Å². The molecule has 0 radical (unpaired) electrons. The second-order valence-electron chi connectivity index (χ2n) is 9.85. The Kier molecular flexibility index (Phi) is 8.84. The minimum atomic E-state index is -3.74. The van der Waals surface area contributed by atoms with Gasteiger partial charge in [-0.3, -0.25) is 29.5 Å². The lowest BCUT2D eigenvalue weighted by molar-refractivity contribution is -0.125. The molecule has 11 nitrogen and oxygen atoms in total. The molecule has 0 aliphatic carbocycles. The van der Waals surface area contributed by atoms with Gasteiger partial charge in [-0.15, -0.1) is 11.3 Å². The lowest BCUT2D eigenvalue weighted by Gasteiger charge is -2.24. The second kappa shape index (κ2) is 12.1. The topological polar surface area (TPSA) is 142 Å². The molecule has 3 aromatic rings. The number of hydrogen-bond acceptors (Lipinski definition) is 8. The summed E-state index contributed by atoms with van der Waals surface area (Å²) in [7, 11) is -2.45. The van der Waals surface area contributed by atoms with Crippen LogP contribution < -0.4 is 15.2 Å². The molecule has 212 valence electrons. The Morgan fingerprint density at radius 2 is 1.88 bits per heavy atom. The van der Waals surface area contributed by atoms with Crippen molar-refractivity contribution in [3.05, 3.63) is 75.4 Å². The Balaban J connectivity index is 1.56. The molecule has 3 heterocycles. The van der Waals surface area contributed by atoms with Gasteiger partial charge in [0.15, 0.2) is 0 Å². The maximum atomic E-state index is 13.7. The van der Waals surface area contributed by atoms with E-state index < -0.39 is 27.8 Å². The predicted octanol–water partition coefficient (Wildman–Crippen LogP) is 2.86. The van der Waals surface area contributed by atoms with Gasteiger partial charge in [-0.05, 0) is 43.9 Å². The van der Waals surface area contributed by atoms with Crippen molar-refractivity contribution in [1.29, 1.82) is 0 Å². The van der Waals surface area contributed by atoms with Crippen LogP contribution in [0.3, 0.4) is 0 Å². The molecule has 3 amide bonds. The Labute approximate surface area is 237 Å². The van der Waals surface area contributed by atoms with Crippen molar-refractivity contribution in [3.63, 3.8) is 0 Å². The molecule has 1 aliphatic rings. The van der Waals surface area contributed by atoms with Crippen LogP contribution in [0.5, 0.6) is 0 Å². The summed E-state index contributed by atoms with van der Waals surface area (Å²) in [6.07, 6.45) is 3.01. The third kappa shape index (κ3) is 6.83. The average Bonchev–Trinajstić information content (AvgIpc) is 3.59. The molecule has 1 aliphatic heterocycles. The summed E-state index contributed by atoms with van der Waals surface area (Å²) in [5.41, 5.74) is 6.49. The Morgan fingerprint density at radius 3 is 2.52 bits per heavy atom. The van der Waals surface area contributed by atoms with Crippen molar-refractivity contribution in [2.24, 2.45) is 5.92 Å². The molecule has 0 unspecified atom stereocenters. The van der Waals surface area contributed by atoms with Gasteiger partial charge in [0, 0.05) is 36.1 Å². The molecule has 0 spiro atoms. The number of carbonyl (C=O) groups is 3. The van der Waals surface area contributed by atoms with Crippen LogP contribution in [0.15, 0.2) is 47.8 Å². The maximum Gasteiger partial charge on any atom is 0.288 e. The third-order valence-corrected chi connectivity index (χ3v) is 8.92. The summed E-state index contributed by atoms with van der Waals surface area (Å²) in [5, 5.41) is 2.76. The molecular weight excluding hydrogens is 552 g/mol. The number of nitrogens with one attached hydrogen (secondary N) is 2. The molecule has 13 heteroatoms. The number of carbonyl (C=O) groups excluding carboxylic acids is 3. The number of amides is 3. The zero-order valence-electron chi connectivity index (χ0n) is 22.7. The van der Waals surface area contributed by atoms with Crippen LogP contribution >= 0.6 is 11.3 Å². The summed E-state index contributed by atoms with van der Waals surface area (Å²) in [4.78, 5) is 49.7. The van der Waals surface area contributed by atoms with Gasteiger partial charge in [-0.1, -0.05) is 37.3 Å². The SMILES string of the molecule is Cc1csc([C@H]2CCCN2C(=O)c2cc(C(=O)NNC(=O)[C@H](C)Cc3ccccc3)nc(N(C)S(C)(=O)=O)c2)n1. The highest BCUT2D eigenvalue weighted by molar-refractivity contribution is 7.92. The van der Waals surface area contributed by atoms with Gasteiger partial charge < -0.3 is 4.90 Å². The van der Waals surface area contributed by atoms with Crippen LogP contribution in [-0.4, -0.2) is 60.9 Å². The Bertz CT molecular complexity index is 1510. The number of pyridine rings is 1. The fraction of sp³-hybridized carbons (Fsp3) is 0.370. The molecule has 4 rings (SSSR count). The first kappa shape index (κ1) is 29.2. The van der Waals surface area contributed by atoms with Crippen molar-refractivity contribution < 1.29 is 22.8 Å². The molecule has 40 heavy (non-hydrogen) atoms. The second-order valence-corrected chi connectivity index (χ2v) is 12.8. The number of likely N-dealkylation sites (tertiary alicyclic amines) is 1. The molecule has 2 N–H and O–H groups in total. The van der Waals surface area contributed by atoms with E-state index in [-0.39, 0.29) is 29.0 Å². The van der Waals surface area contributed by atoms with Crippen molar-refractivity contribution in [2.75, 3.05) is 24.2 Å². The molecule has 1 fully saturated rings. The lowest BCUT2D eigenvalue weighted by atomic mass is 10.0. The normalized spacial score (nSPS) is 15.9. The van der Waals surface area contributed by atoms with Gasteiger partial charge in [0.25, 0.3) is 11.8 Å². The number of benzene rings is 1. The number of thiazole rings is 1. The average molecular weight is 585 g/mol. The standard InChI is InChI=1S/C27H32N6O5S2/c1-17(13-19-9-6-5-7-10-19)24(34)30-31-25(35)21-14-20(15-23(29-21)32(3)40(4,37)38)27(36)33-12-8-11-22(33)26-28-18(2)16-39-26/h5-7,9-10,14-17,22H,8,11-13H2,1-4H3,(H,30,34)(H,31,35)/t17-,22-/m1/s1. The first-order chi connectivity index (χ1) is 18.9. The number of aromatic nitrogens is 2. The van der Waals surface area contributed by atoms with E-state index in [1.807, 2.05) is 42.6 Å². The van der Waals surface area contributed by atoms with Crippen LogP contribution in [0, 0.1) is 12.8 Å². The third-order valence-electron chi connectivity index (χ3n) is 6.68. The highest BCUT2D eigenvalue weighted by Crippen LogP contribution is 2.35. The highest BCUT2D eigenvalue weighted by Gasteiger charge is 2.33. The van der Waals surface area contributed by atoms with Gasteiger partial charge in [0.1, 0.15) is 16.5 Å². The largest absolute Gasteiger partial charge is 0.329 e. The Hall–Kier alpha value is -3.84. The quantitative estimate of drug-likeness (QED) is 0.388. The summed E-state index contributed by atoms with van der Waals surface area (Å²) in [6, 6.07) is 11.9. The molecule has 1 saturated heterocycles. The van der Waals surface area contributed by atoms with Gasteiger partial charge in [-0.2, -0.15) is 0 Å². The van der Waals surface area contributed by atoms with E-state index in [1.54, 1.807) is 11.8 Å². The maximum absolute atomic E-state index is 13.7. The fourth-order valence-electron chi connectivity index (χ4n) is 4.41. The number of anilines is 1. The smallest absolute Gasteiger partial charge is 0.288 e. The molecule has 0 bridgehead atoms. The number of nitrogens with zero attached hydrogens (tertiary/aromatic N) is 4. The molecule has 1 aromatic carbocycles. The van der Waals surface area contributed by atoms with Crippen molar-refractivity contribution >= 4 is 44.9 Å². The molecule has 2 atom stereocenters. The molecule has 2 aromatic heterocycles. The van der Waals surface area contributed by atoms with E-state index >= 15 is 0 Å². The van der Waals surface area contributed by atoms with E-state index in [9.17, 15) is 22.8 Å². The first-order valence-corrected chi connectivity index (χ1v) is 15.5. The number of hydrogen-bond donors (Lipinski definition) is 2. The first-order valence-electron chi connectivity index (χ1n) is 12.8. The van der Waals surface area contributed by atoms with Crippen LogP contribution in [0.2, 0.25) is 0 Å². The van der Waals surface area contributed by atoms with E-state index in [4.69, 9.17) is 0 Å². The summed E-state index contributed by atoms with van der Waals surface area (Å²) in [6.45, 7) is 4.13. The zero-order valence-corrected chi connectivity index (χ0v) is 24.4. The van der Waals surface area contributed by atoms with Crippen LogP contribution in [0.1, 0.15) is 62.9 Å².